The fourth-order valence-electron chi connectivity index (χ4n) is 2.53. The van der Waals surface area contributed by atoms with Gasteiger partial charge in [-0.05, 0) is 41.8 Å². The number of aromatic nitrogens is 1. The largest absolute Gasteiger partial charge is 0.497 e. The predicted octanol–water partition coefficient (Wildman–Crippen LogP) is 3.94. The van der Waals surface area contributed by atoms with Crippen LogP contribution >= 0.6 is 11.3 Å². The van der Waals surface area contributed by atoms with Gasteiger partial charge in [-0.1, -0.05) is 24.3 Å². The van der Waals surface area contributed by atoms with Crippen molar-refractivity contribution in [3.05, 3.63) is 65.0 Å². The lowest BCUT2D eigenvalue weighted by Crippen LogP contribution is -2.22. The first-order chi connectivity index (χ1) is 13.6. The lowest BCUT2D eigenvalue weighted by Gasteiger charge is -2.03. The summed E-state index contributed by atoms with van der Waals surface area (Å²) in [6, 6.07) is 15.9. The van der Waals surface area contributed by atoms with Crippen LogP contribution in [0.4, 0.5) is 5.13 Å². The van der Waals surface area contributed by atoms with Crippen molar-refractivity contribution in [2.45, 2.75) is 13.3 Å². The molecule has 144 valence electrons. The number of thiazole rings is 1. The van der Waals surface area contributed by atoms with Gasteiger partial charge in [0.05, 0.1) is 19.0 Å². The van der Waals surface area contributed by atoms with Crippen molar-refractivity contribution in [2.75, 3.05) is 19.1 Å². The van der Waals surface area contributed by atoms with Crippen molar-refractivity contribution < 1.29 is 9.53 Å². The van der Waals surface area contributed by atoms with E-state index in [1.165, 1.54) is 23.8 Å². The van der Waals surface area contributed by atoms with Crippen LogP contribution in [0.3, 0.4) is 0 Å². The summed E-state index contributed by atoms with van der Waals surface area (Å²) in [5.74, 6) is 0.810. The topological polar surface area (TPSA) is 75.6 Å². The maximum Gasteiger partial charge on any atom is 0.216 e. The minimum atomic E-state index is -0.00577. The Hall–Kier alpha value is -3.19. The molecule has 0 aliphatic carbocycles. The predicted molar refractivity (Wildman–Crippen MR) is 114 cm³/mol. The fourth-order valence-corrected chi connectivity index (χ4v) is 3.20. The maximum absolute atomic E-state index is 10.9. The number of nitrogens with one attached hydrogen (secondary N) is 2. The zero-order valence-corrected chi connectivity index (χ0v) is 16.6. The number of amides is 1. The normalized spacial score (nSPS) is 10.8. The zero-order chi connectivity index (χ0) is 19.8. The average Bonchev–Trinajstić information content (AvgIpc) is 3.18. The van der Waals surface area contributed by atoms with Crippen LogP contribution in [-0.2, 0) is 11.2 Å². The first kappa shape index (κ1) is 19.6. The smallest absolute Gasteiger partial charge is 0.216 e. The molecule has 1 heterocycles. The number of benzene rings is 2. The quantitative estimate of drug-likeness (QED) is 0.448. The van der Waals surface area contributed by atoms with E-state index in [2.05, 4.69) is 33.0 Å². The molecule has 1 aromatic heterocycles. The van der Waals surface area contributed by atoms with Gasteiger partial charge in [0.25, 0.3) is 0 Å². The third-order valence-electron chi connectivity index (χ3n) is 4.03. The van der Waals surface area contributed by atoms with E-state index in [0.29, 0.717) is 6.54 Å². The molecule has 0 aliphatic rings. The highest BCUT2D eigenvalue weighted by Crippen LogP contribution is 2.25. The Kier molecular flexibility index (Phi) is 6.75. The van der Waals surface area contributed by atoms with Crippen LogP contribution in [0.25, 0.3) is 11.3 Å². The molecule has 0 aliphatic heterocycles. The molecule has 0 radical (unpaired) electrons. The van der Waals surface area contributed by atoms with Crippen LogP contribution in [-0.4, -0.2) is 30.8 Å². The third kappa shape index (κ3) is 5.65. The Labute approximate surface area is 168 Å². The monoisotopic (exact) mass is 394 g/mol. The van der Waals surface area contributed by atoms with Gasteiger partial charge in [-0.15, -0.1) is 11.3 Å². The standard InChI is InChI=1S/C21H22N4O2S/c1-15(26)22-12-11-16-3-7-18(8-4-16)20-14-28-21(24-20)25-23-13-17-5-9-19(27-2)10-6-17/h3-10,13-14H,11-12H2,1-2H3,(H,22,26)(H,24,25)/b23-13-. The molecule has 0 unspecified atom stereocenters. The molecule has 3 rings (SSSR count). The van der Waals surface area contributed by atoms with Gasteiger partial charge in [0.1, 0.15) is 5.75 Å². The highest BCUT2D eigenvalue weighted by atomic mass is 32.1. The number of ether oxygens (including phenoxy) is 1. The van der Waals surface area contributed by atoms with Crippen molar-refractivity contribution in [3.8, 4) is 17.0 Å². The van der Waals surface area contributed by atoms with E-state index in [0.717, 1.165) is 34.1 Å². The van der Waals surface area contributed by atoms with E-state index < -0.39 is 0 Å². The van der Waals surface area contributed by atoms with Crippen LogP contribution in [0.5, 0.6) is 5.75 Å². The molecule has 6 nitrogen and oxygen atoms in total. The molecule has 2 aromatic carbocycles. The fraction of sp³-hybridized carbons (Fsp3) is 0.190. The summed E-state index contributed by atoms with van der Waals surface area (Å²) in [6.45, 7) is 2.17. The Bertz CT molecular complexity index is 934. The Morgan fingerprint density at radius 1 is 1.18 bits per heavy atom. The van der Waals surface area contributed by atoms with Gasteiger partial charge < -0.3 is 10.1 Å². The summed E-state index contributed by atoms with van der Waals surface area (Å²) in [5.41, 5.74) is 7.07. The first-order valence-corrected chi connectivity index (χ1v) is 9.74. The lowest BCUT2D eigenvalue weighted by atomic mass is 10.1. The second-order valence-electron chi connectivity index (χ2n) is 6.11. The number of carbonyl (C=O) groups excluding carboxylic acids is 1. The molecule has 0 atom stereocenters. The Morgan fingerprint density at radius 2 is 1.93 bits per heavy atom. The third-order valence-corrected chi connectivity index (χ3v) is 4.78. The molecule has 0 spiro atoms. The number of nitrogens with zero attached hydrogens (tertiary/aromatic N) is 2. The number of anilines is 1. The molecule has 28 heavy (non-hydrogen) atoms. The molecule has 7 heteroatoms. The van der Waals surface area contributed by atoms with Crippen molar-refractivity contribution in [1.82, 2.24) is 10.3 Å². The summed E-state index contributed by atoms with van der Waals surface area (Å²) in [5, 5.41) is 9.77. The van der Waals surface area contributed by atoms with E-state index in [4.69, 9.17) is 4.74 Å². The number of hydrogen-bond donors (Lipinski definition) is 2. The first-order valence-electron chi connectivity index (χ1n) is 8.86. The maximum atomic E-state index is 10.9. The molecule has 3 aromatic rings. The molecule has 0 bridgehead atoms. The summed E-state index contributed by atoms with van der Waals surface area (Å²) >= 11 is 1.50. The van der Waals surface area contributed by atoms with Crippen LogP contribution in [0.15, 0.2) is 59.0 Å². The summed E-state index contributed by atoms with van der Waals surface area (Å²) in [4.78, 5) is 15.5. The molecule has 0 saturated carbocycles. The van der Waals surface area contributed by atoms with E-state index in [1.54, 1.807) is 13.3 Å². The number of hydrogen-bond acceptors (Lipinski definition) is 6. The summed E-state index contributed by atoms with van der Waals surface area (Å²) in [6.07, 6.45) is 2.55. The van der Waals surface area contributed by atoms with Gasteiger partial charge >= 0.3 is 0 Å². The Balaban J connectivity index is 1.55. The van der Waals surface area contributed by atoms with Crippen LogP contribution < -0.4 is 15.5 Å². The highest BCUT2D eigenvalue weighted by molar-refractivity contribution is 7.14. The molecular formula is C21H22N4O2S. The van der Waals surface area contributed by atoms with Crippen molar-refractivity contribution in [2.24, 2.45) is 5.10 Å². The van der Waals surface area contributed by atoms with Crippen molar-refractivity contribution in [3.63, 3.8) is 0 Å². The number of carbonyl (C=O) groups is 1. The number of methoxy groups -OCH3 is 1. The summed E-state index contributed by atoms with van der Waals surface area (Å²) < 4.78 is 5.14. The minimum absolute atomic E-state index is 0.00577. The molecular weight excluding hydrogens is 372 g/mol. The molecule has 0 saturated heterocycles. The van der Waals surface area contributed by atoms with Gasteiger partial charge in [0, 0.05) is 24.4 Å². The van der Waals surface area contributed by atoms with Gasteiger partial charge in [-0.3, -0.25) is 10.2 Å². The summed E-state index contributed by atoms with van der Waals surface area (Å²) in [7, 11) is 1.64. The van der Waals surface area contributed by atoms with Crippen LogP contribution in [0.2, 0.25) is 0 Å². The van der Waals surface area contributed by atoms with E-state index >= 15 is 0 Å². The van der Waals surface area contributed by atoms with Gasteiger partial charge in [-0.25, -0.2) is 4.98 Å². The SMILES string of the molecule is COc1ccc(/C=N\Nc2nc(-c3ccc(CCNC(C)=O)cc3)cs2)cc1. The zero-order valence-electron chi connectivity index (χ0n) is 15.8. The van der Waals surface area contributed by atoms with Gasteiger partial charge in [0.2, 0.25) is 11.0 Å². The second-order valence-corrected chi connectivity index (χ2v) is 6.97. The molecule has 1 amide bonds. The van der Waals surface area contributed by atoms with E-state index in [1.807, 2.05) is 41.8 Å². The van der Waals surface area contributed by atoms with Gasteiger partial charge in [0.15, 0.2) is 0 Å². The van der Waals surface area contributed by atoms with Crippen LogP contribution in [0, 0.1) is 0 Å². The highest BCUT2D eigenvalue weighted by Gasteiger charge is 2.04. The van der Waals surface area contributed by atoms with E-state index in [9.17, 15) is 4.79 Å². The van der Waals surface area contributed by atoms with E-state index in [-0.39, 0.29) is 5.91 Å². The molecule has 2 N–H and O–H groups in total. The van der Waals surface area contributed by atoms with Crippen molar-refractivity contribution >= 4 is 28.6 Å². The van der Waals surface area contributed by atoms with Crippen molar-refractivity contribution in [1.29, 1.82) is 0 Å². The Morgan fingerprint density at radius 3 is 2.61 bits per heavy atom. The second kappa shape index (κ2) is 9.66. The average molecular weight is 395 g/mol. The number of rotatable bonds is 8. The van der Waals surface area contributed by atoms with Crippen LogP contribution in [0.1, 0.15) is 18.1 Å². The molecule has 0 fully saturated rings. The number of hydrazone groups is 1. The lowest BCUT2D eigenvalue weighted by molar-refractivity contribution is -0.118. The minimum Gasteiger partial charge on any atom is -0.497 e. The van der Waals surface area contributed by atoms with Gasteiger partial charge in [-0.2, -0.15) is 5.10 Å².